The summed E-state index contributed by atoms with van der Waals surface area (Å²) in [4.78, 5) is 17.7. The molecule has 11 nitrogen and oxygen atoms in total. The minimum Gasteiger partial charge on any atom is -0.456 e. The lowest BCUT2D eigenvalue weighted by Crippen LogP contribution is -2.23. The van der Waals surface area contributed by atoms with E-state index in [-0.39, 0.29) is 44.7 Å². The van der Waals surface area contributed by atoms with Crippen LogP contribution in [0.2, 0.25) is 10.0 Å². The fourth-order valence-corrected chi connectivity index (χ4v) is 6.48. The third-order valence-electron chi connectivity index (χ3n) is 7.59. The van der Waals surface area contributed by atoms with E-state index in [1.54, 1.807) is 36.9 Å². The molecule has 0 amide bonds. The predicted octanol–water partition coefficient (Wildman–Crippen LogP) is 9.53. The van der Waals surface area contributed by atoms with Crippen molar-refractivity contribution in [3.05, 3.63) is 116 Å². The molecule has 2 heterocycles. The summed E-state index contributed by atoms with van der Waals surface area (Å²) in [6.07, 6.45) is -3.01. The van der Waals surface area contributed by atoms with Gasteiger partial charge in [-0.15, -0.1) is 5.10 Å². The minimum absolute atomic E-state index is 0.000290. The van der Waals surface area contributed by atoms with Crippen LogP contribution in [0.15, 0.2) is 76.8 Å². The summed E-state index contributed by atoms with van der Waals surface area (Å²) in [6.45, 7) is 10.9. The van der Waals surface area contributed by atoms with Gasteiger partial charge in [-0.25, -0.2) is 9.48 Å². The number of hydrogen-bond donors (Lipinski definition) is 0. The second kappa shape index (κ2) is 18.0. The van der Waals surface area contributed by atoms with Crippen molar-refractivity contribution in [1.29, 1.82) is 5.26 Å². The molecule has 2 aromatic heterocycles. The average molecular weight is 818 g/mol. The van der Waals surface area contributed by atoms with Gasteiger partial charge in [0, 0.05) is 18.5 Å². The molecule has 0 spiro atoms. The van der Waals surface area contributed by atoms with Gasteiger partial charge in [-0.05, 0) is 76.6 Å². The summed E-state index contributed by atoms with van der Waals surface area (Å²) in [5.74, 6) is 1.06. The van der Waals surface area contributed by atoms with E-state index in [1.807, 2.05) is 83.3 Å². The second-order valence-corrected chi connectivity index (χ2v) is 15.2. The summed E-state index contributed by atoms with van der Waals surface area (Å²) in [5, 5.41) is 21.1. The first-order valence-electron chi connectivity index (χ1n) is 16.5. The molecule has 290 valence electrons. The van der Waals surface area contributed by atoms with Gasteiger partial charge in [0.15, 0.2) is 5.69 Å². The molecule has 0 bridgehead atoms. The van der Waals surface area contributed by atoms with E-state index >= 15 is 0 Å². The lowest BCUT2D eigenvalue weighted by molar-refractivity contribution is -0.137. The maximum absolute atomic E-state index is 12.8. The van der Waals surface area contributed by atoms with E-state index in [2.05, 4.69) is 15.4 Å². The maximum Gasteiger partial charge on any atom is 0.416 e. The van der Waals surface area contributed by atoms with Crippen LogP contribution in [0, 0.1) is 25.2 Å². The van der Waals surface area contributed by atoms with Gasteiger partial charge in [-0.3, -0.25) is 8.89 Å². The molecule has 5 rings (SSSR count). The first-order valence-corrected chi connectivity index (χ1v) is 18.6. The van der Waals surface area contributed by atoms with Crippen LogP contribution in [-0.2, 0) is 40.2 Å². The number of hydrogen-bond acceptors (Lipinski definition) is 9. The van der Waals surface area contributed by atoms with Gasteiger partial charge in [0.05, 0.1) is 54.3 Å². The highest BCUT2D eigenvalue weighted by atomic mass is 35.5. The lowest BCUT2D eigenvalue weighted by atomic mass is 10.1. The third-order valence-corrected chi connectivity index (χ3v) is 9.64. The van der Waals surface area contributed by atoms with Crippen LogP contribution < -0.4 is 4.74 Å². The van der Waals surface area contributed by atoms with Crippen LogP contribution in [0.5, 0.6) is 11.6 Å². The van der Waals surface area contributed by atoms with Crippen molar-refractivity contribution < 1.29 is 36.5 Å². The van der Waals surface area contributed by atoms with Gasteiger partial charge >= 0.3 is 12.1 Å². The van der Waals surface area contributed by atoms with E-state index < -0.39 is 28.1 Å². The fraction of sp³-hybridized carbons (Fsp3) is 0.289. The molecule has 3 aromatic carbocycles. The molecular formula is C38H37Cl2F3N6O5S. The van der Waals surface area contributed by atoms with Crippen LogP contribution in [-0.4, -0.2) is 47.3 Å². The van der Waals surface area contributed by atoms with Crippen molar-refractivity contribution in [1.82, 2.24) is 19.6 Å². The molecule has 0 radical (unpaired) electrons. The van der Waals surface area contributed by atoms with Gasteiger partial charge in [-0.1, -0.05) is 65.6 Å². The van der Waals surface area contributed by atoms with E-state index in [4.69, 9.17) is 42.8 Å². The van der Waals surface area contributed by atoms with E-state index in [1.165, 1.54) is 0 Å². The molecule has 0 aliphatic rings. The van der Waals surface area contributed by atoms with Crippen molar-refractivity contribution in [3.63, 3.8) is 0 Å². The van der Waals surface area contributed by atoms with Crippen LogP contribution in [0.25, 0.3) is 5.69 Å². The Hall–Kier alpha value is -5.17. The zero-order chi connectivity index (χ0) is 40.7. The molecule has 0 saturated heterocycles. The van der Waals surface area contributed by atoms with Crippen molar-refractivity contribution in [2.24, 2.45) is 12.2 Å². The number of para-hydroxylation sites is 1. The van der Waals surface area contributed by atoms with Crippen molar-refractivity contribution in [3.8, 4) is 23.4 Å². The number of aromatic nitrogens is 4. The largest absolute Gasteiger partial charge is 0.456 e. The smallest absolute Gasteiger partial charge is 0.416 e. The van der Waals surface area contributed by atoms with Crippen molar-refractivity contribution >= 4 is 46.2 Å². The zero-order valence-corrected chi connectivity index (χ0v) is 33.2. The molecule has 0 N–H and O–H groups in total. The molecule has 0 aliphatic carbocycles. The highest BCUT2D eigenvalue weighted by Crippen LogP contribution is 2.38. The first kappa shape index (κ1) is 42.6. The van der Waals surface area contributed by atoms with E-state index in [0.29, 0.717) is 22.9 Å². The standard InChI is InChI=1S/C24H27N3O4.C14H10Cl2F3N3OS/c1-17-21(22(26-27(17)5)30-20-9-7-6-8-10-20)15-25-29-16-18-11-13-19(14-12-18)23(28)31-24(2,3)4;1-3-24(23)13-7(2)22(21-11(13)6-20)12-9(15)4-8(5-10(12)16)14(17,18)19/h6-15H,16H2,1-5H3;4-5H,3H2,1-2H3/b25-15+;. The Kier molecular flexibility index (Phi) is 13.9. The van der Waals surface area contributed by atoms with Gasteiger partial charge in [0.2, 0.25) is 5.88 Å². The number of esters is 1. The number of alkyl halides is 3. The molecule has 1 atom stereocenters. The molecule has 1 unspecified atom stereocenters. The van der Waals surface area contributed by atoms with Crippen molar-refractivity contribution in [2.75, 3.05) is 5.75 Å². The highest BCUT2D eigenvalue weighted by Gasteiger charge is 2.33. The number of rotatable bonds is 10. The van der Waals surface area contributed by atoms with Crippen molar-refractivity contribution in [2.45, 2.75) is 64.8 Å². The van der Waals surface area contributed by atoms with Gasteiger partial charge in [0.1, 0.15) is 29.7 Å². The molecule has 17 heteroatoms. The van der Waals surface area contributed by atoms with Crippen LogP contribution in [0.1, 0.15) is 71.8 Å². The number of nitrogens with zero attached hydrogens (tertiary/aromatic N) is 6. The highest BCUT2D eigenvalue weighted by molar-refractivity contribution is 7.85. The Morgan fingerprint density at radius 3 is 2.16 bits per heavy atom. The Morgan fingerprint density at radius 1 is 1.00 bits per heavy atom. The van der Waals surface area contributed by atoms with Crippen LogP contribution in [0.4, 0.5) is 13.2 Å². The number of carbonyl (C=O) groups is 1. The SMILES string of the molecule is CCS(=O)c1c(C#N)nn(-c2c(Cl)cc(C(F)(F)F)cc2Cl)c1C.Cc1c(/C=N/OCc2ccc(C(=O)OC(C)(C)C)cc2)c(Oc2ccccc2)nn1C. The summed E-state index contributed by atoms with van der Waals surface area (Å²) >= 11 is 11.9. The number of nitriles is 1. The predicted molar refractivity (Wildman–Crippen MR) is 203 cm³/mol. The fourth-order valence-electron chi connectivity index (χ4n) is 4.82. The van der Waals surface area contributed by atoms with E-state index in [9.17, 15) is 22.2 Å². The molecule has 5 aromatic rings. The Balaban J connectivity index is 0.000000253. The zero-order valence-electron chi connectivity index (χ0n) is 30.9. The maximum atomic E-state index is 12.8. The molecule has 0 saturated carbocycles. The minimum atomic E-state index is -4.60. The van der Waals surface area contributed by atoms with Gasteiger partial charge in [-0.2, -0.15) is 23.5 Å². The molecular weight excluding hydrogens is 780 g/mol. The first-order chi connectivity index (χ1) is 25.8. The third kappa shape index (κ3) is 11.0. The quantitative estimate of drug-likeness (QED) is 0.0773. The summed E-state index contributed by atoms with van der Waals surface area (Å²) in [7, 11) is 0.375. The number of oxime groups is 1. The average Bonchev–Trinajstić information content (AvgIpc) is 3.59. The Morgan fingerprint density at radius 2 is 1.62 bits per heavy atom. The number of carbonyl (C=O) groups excluding carboxylic acids is 1. The normalized spacial score (nSPS) is 12.1. The topological polar surface area (TPSA) is 134 Å². The number of benzene rings is 3. The summed E-state index contributed by atoms with van der Waals surface area (Å²) in [6, 6.07) is 19.8. The number of halogens is 5. The number of aryl methyl sites for hydroxylation is 1. The summed E-state index contributed by atoms with van der Waals surface area (Å²) in [5.41, 5.74) is 1.75. The molecule has 0 aliphatic heterocycles. The Bertz CT molecular complexity index is 2220. The Labute approximate surface area is 328 Å². The lowest BCUT2D eigenvalue weighted by Gasteiger charge is -2.19. The van der Waals surface area contributed by atoms with Gasteiger partial charge < -0.3 is 14.3 Å². The van der Waals surface area contributed by atoms with Crippen LogP contribution >= 0.6 is 23.2 Å². The molecule has 0 fully saturated rings. The second-order valence-electron chi connectivity index (χ2n) is 12.8. The van der Waals surface area contributed by atoms with E-state index in [0.717, 1.165) is 33.6 Å². The van der Waals surface area contributed by atoms with Gasteiger partial charge in [0.25, 0.3) is 0 Å². The molecule has 55 heavy (non-hydrogen) atoms. The monoisotopic (exact) mass is 816 g/mol. The summed E-state index contributed by atoms with van der Waals surface area (Å²) < 4.78 is 64.7. The number of ether oxygens (including phenoxy) is 2. The van der Waals surface area contributed by atoms with Crippen LogP contribution in [0.3, 0.4) is 0 Å².